The highest BCUT2D eigenvalue weighted by molar-refractivity contribution is 6.14. The van der Waals surface area contributed by atoms with Gasteiger partial charge in [-0.05, 0) is 182 Å². The Morgan fingerprint density at radius 3 is 1.44 bits per heavy atom. The maximum Gasteiger partial charge on any atom is 0.257 e. The van der Waals surface area contributed by atoms with Crippen LogP contribution in [0.15, 0.2) is 299 Å². The summed E-state index contributed by atoms with van der Waals surface area (Å²) >= 11 is 0. The molecule has 1 saturated heterocycles. The van der Waals surface area contributed by atoms with E-state index in [1.165, 1.54) is 11.3 Å². The second-order valence-electron chi connectivity index (χ2n) is 36.1. The van der Waals surface area contributed by atoms with Gasteiger partial charge in [-0.2, -0.15) is 20.4 Å². The maximum absolute atomic E-state index is 13.5. The first kappa shape index (κ1) is 91.7. The number of carbonyl (C=O) groups is 2. The zero-order chi connectivity index (χ0) is 99.7. The number of morpholine rings is 1. The van der Waals surface area contributed by atoms with E-state index in [9.17, 15) is 9.59 Å². The molecule has 2 amide bonds. The average Bonchev–Trinajstić information content (AvgIpc) is 1.62. The lowest BCUT2D eigenvalue weighted by Crippen LogP contribution is -2.36. The van der Waals surface area contributed by atoms with Crippen molar-refractivity contribution in [3.05, 3.63) is 321 Å². The number of aryl methyl sites for hydroxylation is 1. The van der Waals surface area contributed by atoms with Crippen LogP contribution in [0.2, 0.25) is 0 Å². The van der Waals surface area contributed by atoms with Crippen molar-refractivity contribution in [2.75, 3.05) is 91.9 Å². The molecule has 25 aromatic rings. The molecule has 0 bridgehead atoms. The minimum atomic E-state index is -0.236. The predicted molar refractivity (Wildman–Crippen MR) is 582 cm³/mol. The van der Waals surface area contributed by atoms with Gasteiger partial charge in [0.05, 0.1) is 79.0 Å². The summed E-state index contributed by atoms with van der Waals surface area (Å²) in [5, 5.41) is 46.3. The number of nitrogens with zero attached hydrogens (tertiary/aromatic N) is 20. The van der Waals surface area contributed by atoms with Crippen LogP contribution in [0, 0.1) is 6.92 Å². The fourth-order valence-corrected chi connectivity index (χ4v) is 19.1. The van der Waals surface area contributed by atoms with E-state index >= 15 is 0 Å². The number of nitrogens with one attached hydrogen (secondary N) is 10. The summed E-state index contributed by atoms with van der Waals surface area (Å²) in [7, 11) is 3.95. The van der Waals surface area contributed by atoms with Crippen molar-refractivity contribution in [2.24, 2.45) is 0 Å². The van der Waals surface area contributed by atoms with E-state index in [4.69, 9.17) is 24.7 Å². The van der Waals surface area contributed by atoms with Crippen LogP contribution >= 0.6 is 0 Å². The van der Waals surface area contributed by atoms with E-state index in [-0.39, 0.29) is 11.8 Å². The fourth-order valence-electron chi connectivity index (χ4n) is 19.1. The SMILES string of the molecule is CCN(CC)Cc1cccc2[nH]c(-c3[nH]nc4ncc(-c5cccnc5)cc34)nc12.CCN(CC)c1ccc(NC(=O)c2cccc3[nH]c(-c4n[nH]c5ncc(-c6cncc7ccccc67)cc45)nc23)c(C)c1.CN(C)c1ccc(NC(=O)c2cccc3[nH]c(-c4n[nH]c5ncc(-c6cncc7ccccc67)cc45)nc23)cc1.c1ccc2c(-c3cnc4n[nH]c(-c5nc6ccc(N7CCOCC7)cc6[nH]5)c4c3)cncc2c1. The number of H-pyrrole nitrogens is 8. The summed E-state index contributed by atoms with van der Waals surface area (Å²) in [6.45, 7) is 18.7. The summed E-state index contributed by atoms with van der Waals surface area (Å²) in [6, 6.07) is 74.3. The molecule has 0 saturated carbocycles. The molecular formula is C114H98N30O3. The number of para-hydroxylation sites is 3. The third-order valence-corrected chi connectivity index (χ3v) is 27.0. The molecule has 16 aromatic heterocycles. The van der Waals surface area contributed by atoms with Gasteiger partial charge in [0, 0.05) is 210 Å². The third kappa shape index (κ3) is 18.2. The molecule has 1 aliphatic rings. The molecule has 0 spiro atoms. The highest BCUT2D eigenvalue weighted by Crippen LogP contribution is 2.40. The smallest absolute Gasteiger partial charge is 0.257 e. The summed E-state index contributed by atoms with van der Waals surface area (Å²) in [5.74, 6) is 2.15. The number of rotatable bonds is 21. The van der Waals surface area contributed by atoms with Crippen molar-refractivity contribution in [1.82, 2.24) is 125 Å². The minimum Gasteiger partial charge on any atom is -0.378 e. The van der Waals surface area contributed by atoms with Gasteiger partial charge in [0.25, 0.3) is 11.8 Å². The number of amides is 2. The van der Waals surface area contributed by atoms with E-state index in [1.807, 2.05) is 221 Å². The normalized spacial score (nSPS) is 12.1. The standard InChI is InChI=1S/C34H30N8O.C31H24N8O.C26H21N7O.C23H23N7/c1-4-42(5-2)23-13-14-28(20(3)15-23)38-34(43)25-11-8-12-29-30(25)39-33(37-29)31-26-16-22(18-36-32(26)41-40-31)27-19-35-17-21-9-6-7-10-24(21)27;1-39(2)21-12-10-20(11-13-21)34-31(40)23-8-5-9-26-27(23)36-30(35-26)28-24-14-19(16-33-29(24)38-37-28)25-17-32-15-18-6-3-4-7-22(18)25;1-2-4-19-16(3-1)13-27-15-21(19)17-11-20-24(31-32-25(20)28-14-17)26-29-22-6-5-18(12-23(22)30-26)33-7-9-34-10-8-33;1-3-30(4-2)14-16-7-5-9-19-20(16)27-23(26-19)21-18-11-17(13-25-22(18)29-28-21)15-8-6-10-24-12-15/h6-19H,4-5H2,1-3H3,(H,37,39)(H,38,43)(H,36,40,41);3-17H,1-2H3,(H,34,40)(H,35,36)(H,33,37,38);1-6,11-15H,7-10H2,(H,29,30)(H,28,31,32);5-13H,3-4,14H2,1-2H3,(H,26,27)(H,25,28,29). The van der Waals surface area contributed by atoms with Gasteiger partial charge in [-0.25, -0.2) is 39.9 Å². The molecule has 17 heterocycles. The Hall–Kier alpha value is -19.0. The highest BCUT2D eigenvalue weighted by atomic mass is 16.5. The first-order chi connectivity index (χ1) is 72.2. The molecule has 147 heavy (non-hydrogen) atoms. The molecule has 26 rings (SSSR count). The Bertz CT molecular complexity index is 9220. The maximum atomic E-state index is 13.5. The van der Waals surface area contributed by atoms with Crippen LogP contribution in [0.5, 0.6) is 0 Å². The molecule has 33 nitrogen and oxygen atoms in total. The van der Waals surface area contributed by atoms with Crippen LogP contribution in [0.4, 0.5) is 28.4 Å². The van der Waals surface area contributed by atoms with E-state index < -0.39 is 0 Å². The van der Waals surface area contributed by atoms with Gasteiger partial charge in [-0.15, -0.1) is 0 Å². The molecule has 0 unspecified atom stereocenters. The quantitative estimate of drug-likeness (QED) is 0.0319. The minimum absolute atomic E-state index is 0.221. The van der Waals surface area contributed by atoms with E-state index in [2.05, 4.69) is 239 Å². The summed E-state index contributed by atoms with van der Waals surface area (Å²) in [5.41, 5.74) is 28.0. The van der Waals surface area contributed by atoms with E-state index in [1.54, 1.807) is 18.3 Å². The summed E-state index contributed by atoms with van der Waals surface area (Å²) < 4.78 is 5.49. The van der Waals surface area contributed by atoms with Crippen molar-refractivity contribution in [2.45, 2.75) is 41.2 Å². The second kappa shape index (κ2) is 39.8. The Balaban J connectivity index is 0.000000109. The van der Waals surface area contributed by atoms with Crippen molar-refractivity contribution >= 4 is 161 Å². The fraction of sp³-hybridized carbons (Fsp3) is 0.140. The van der Waals surface area contributed by atoms with Crippen LogP contribution in [0.1, 0.15) is 59.5 Å². The summed E-state index contributed by atoms with van der Waals surface area (Å²) in [4.78, 5) is 105. The number of pyridine rings is 8. The largest absolute Gasteiger partial charge is 0.378 e. The van der Waals surface area contributed by atoms with Crippen LogP contribution in [-0.4, -0.2) is 204 Å². The van der Waals surface area contributed by atoms with Crippen LogP contribution in [-0.2, 0) is 11.3 Å². The molecule has 0 aliphatic carbocycles. The number of ether oxygens (including phenoxy) is 1. The number of hydrogen-bond acceptors (Lipinski definition) is 23. The lowest BCUT2D eigenvalue weighted by atomic mass is 10.0. The molecule has 33 heteroatoms. The highest BCUT2D eigenvalue weighted by Gasteiger charge is 2.26. The van der Waals surface area contributed by atoms with E-state index in [0.29, 0.717) is 73.5 Å². The number of fused-ring (bicyclic) bond motifs is 11. The predicted octanol–water partition coefficient (Wildman–Crippen LogP) is 22.1. The van der Waals surface area contributed by atoms with Crippen LogP contribution in [0.3, 0.4) is 0 Å². The zero-order valence-electron chi connectivity index (χ0n) is 81.3. The van der Waals surface area contributed by atoms with Gasteiger partial charge in [-0.3, -0.25) is 54.8 Å². The number of aromatic amines is 8. The van der Waals surface area contributed by atoms with Crippen molar-refractivity contribution < 1.29 is 14.3 Å². The molecule has 1 fully saturated rings. The number of carbonyl (C=O) groups excluding carboxylic acids is 2. The number of benzene rings is 9. The van der Waals surface area contributed by atoms with Crippen LogP contribution in [0.25, 0.3) is 211 Å². The van der Waals surface area contributed by atoms with Gasteiger partial charge in [0.15, 0.2) is 45.9 Å². The van der Waals surface area contributed by atoms with E-state index in [0.717, 1.165) is 236 Å². The Kier molecular flexibility index (Phi) is 24.8. The average molecular weight is 1940 g/mol. The Labute approximate surface area is 840 Å². The Morgan fingerprint density at radius 1 is 0.395 bits per heavy atom. The molecule has 0 atom stereocenters. The number of hydrogen-bond donors (Lipinski definition) is 10. The van der Waals surface area contributed by atoms with Gasteiger partial charge in [0.2, 0.25) is 0 Å². The first-order valence-electron chi connectivity index (χ1n) is 48.7. The van der Waals surface area contributed by atoms with Gasteiger partial charge >= 0.3 is 0 Å². The van der Waals surface area contributed by atoms with Crippen molar-refractivity contribution in [1.29, 1.82) is 0 Å². The van der Waals surface area contributed by atoms with Crippen molar-refractivity contribution in [3.63, 3.8) is 0 Å². The molecular weight excluding hydrogens is 1840 g/mol. The molecule has 9 aromatic carbocycles. The van der Waals surface area contributed by atoms with Gasteiger partial charge < -0.3 is 50.0 Å². The number of aromatic nitrogens is 24. The Morgan fingerprint density at radius 2 is 0.891 bits per heavy atom. The zero-order valence-corrected chi connectivity index (χ0v) is 81.3. The molecule has 10 N–H and O–H groups in total. The van der Waals surface area contributed by atoms with Crippen molar-refractivity contribution in [3.8, 4) is 90.6 Å². The molecule has 1 aliphatic heterocycles. The number of imidazole rings is 4. The lowest BCUT2D eigenvalue weighted by molar-refractivity contribution is 0.102. The first-order valence-corrected chi connectivity index (χ1v) is 48.7. The molecule has 722 valence electrons. The lowest BCUT2D eigenvalue weighted by Gasteiger charge is -2.28. The van der Waals surface area contributed by atoms with Crippen LogP contribution < -0.4 is 25.3 Å². The molecule has 0 radical (unpaired) electrons. The monoisotopic (exact) mass is 1930 g/mol. The summed E-state index contributed by atoms with van der Waals surface area (Å²) in [6.07, 6.45) is 22.1. The van der Waals surface area contributed by atoms with Gasteiger partial charge in [-0.1, -0.05) is 117 Å². The number of anilines is 5. The third-order valence-electron chi connectivity index (χ3n) is 27.0. The van der Waals surface area contributed by atoms with Gasteiger partial charge in [0.1, 0.15) is 33.8 Å². The second-order valence-corrected chi connectivity index (χ2v) is 36.1. The topological polar surface area (TPSA) is 413 Å².